The van der Waals surface area contributed by atoms with E-state index in [4.69, 9.17) is 10.5 Å². The van der Waals surface area contributed by atoms with Crippen molar-refractivity contribution in [1.29, 1.82) is 0 Å². The maximum absolute atomic E-state index is 11.1. The van der Waals surface area contributed by atoms with Gasteiger partial charge in [0, 0.05) is 7.11 Å². The van der Waals surface area contributed by atoms with Crippen molar-refractivity contribution >= 4 is 33.2 Å². The Morgan fingerprint density at radius 2 is 2.50 bits per heavy atom. The molecule has 0 bridgehead atoms. The Kier molecular flexibility index (Phi) is 5.33. The van der Waals surface area contributed by atoms with E-state index in [1.54, 1.807) is 6.20 Å². The molecular weight excluding hydrogens is 294 g/mol. The largest absolute Gasteiger partial charge is 0.383 e. The van der Waals surface area contributed by atoms with E-state index in [0.29, 0.717) is 0 Å². The number of thiazole rings is 1. The molecule has 90 valence electrons. The summed E-state index contributed by atoms with van der Waals surface area (Å²) < 4.78 is 5.87. The van der Waals surface area contributed by atoms with Crippen LogP contribution in [0.5, 0.6) is 0 Å². The number of nitrogens with one attached hydrogen (secondary N) is 1. The Morgan fingerprint density at radius 1 is 1.81 bits per heavy atom. The molecule has 0 radical (unpaired) electrons. The quantitative estimate of drug-likeness (QED) is 0.824. The molecule has 1 amide bonds. The number of methoxy groups -OCH3 is 1. The van der Waals surface area contributed by atoms with Crippen LogP contribution in [-0.2, 0) is 9.53 Å². The molecule has 0 fully saturated rings. The highest BCUT2D eigenvalue weighted by Crippen LogP contribution is 2.24. The number of carbonyl (C=O) groups is 1. The van der Waals surface area contributed by atoms with E-state index in [9.17, 15) is 4.79 Å². The lowest BCUT2D eigenvalue weighted by molar-refractivity contribution is -0.121. The van der Waals surface area contributed by atoms with Gasteiger partial charge in [0.2, 0.25) is 5.91 Å². The molecule has 1 aromatic rings. The topological polar surface area (TPSA) is 77.2 Å². The second-order valence-corrected chi connectivity index (χ2v) is 5.74. The summed E-state index contributed by atoms with van der Waals surface area (Å²) in [5.41, 5.74) is 5.25. The van der Waals surface area contributed by atoms with Crippen molar-refractivity contribution in [1.82, 2.24) is 10.3 Å². The number of nitrogens with zero attached hydrogens (tertiary/aromatic N) is 1. The summed E-state index contributed by atoms with van der Waals surface area (Å²) in [5.74, 6) is -0.427. The van der Waals surface area contributed by atoms with Crippen LogP contribution in [0.1, 0.15) is 18.0 Å². The van der Waals surface area contributed by atoms with Gasteiger partial charge < -0.3 is 10.5 Å². The van der Waals surface area contributed by atoms with Gasteiger partial charge in [-0.3, -0.25) is 10.1 Å². The lowest BCUT2D eigenvalue weighted by Gasteiger charge is -2.18. The fourth-order valence-corrected chi connectivity index (χ4v) is 2.47. The Balaban J connectivity index is 2.61. The molecule has 0 aliphatic rings. The van der Waals surface area contributed by atoms with E-state index < -0.39 is 11.9 Å². The van der Waals surface area contributed by atoms with Gasteiger partial charge in [0.25, 0.3) is 0 Å². The Hall–Kier alpha value is -0.500. The lowest BCUT2D eigenvalue weighted by Crippen LogP contribution is -2.45. The average molecular weight is 308 g/mol. The number of halogens is 1. The summed E-state index contributed by atoms with van der Waals surface area (Å²) in [6.07, 6.45) is 1.73. The van der Waals surface area contributed by atoms with Crippen LogP contribution in [0.4, 0.5) is 0 Å². The Bertz CT molecular complexity index is 358. The molecule has 0 saturated heterocycles. The van der Waals surface area contributed by atoms with Gasteiger partial charge in [-0.15, -0.1) is 11.3 Å². The molecule has 1 aromatic heterocycles. The predicted octanol–water partition coefficient (Wildman–Crippen LogP) is 1.06. The zero-order valence-electron chi connectivity index (χ0n) is 9.07. The minimum atomic E-state index is -0.498. The average Bonchev–Trinajstić information content (AvgIpc) is 2.64. The van der Waals surface area contributed by atoms with Crippen molar-refractivity contribution in [3.63, 3.8) is 0 Å². The first-order valence-corrected chi connectivity index (χ1v) is 6.31. The molecule has 0 spiro atoms. The number of amides is 1. The summed E-state index contributed by atoms with van der Waals surface area (Å²) in [6, 6.07) is -0.536. The highest BCUT2D eigenvalue weighted by Gasteiger charge is 2.19. The highest BCUT2D eigenvalue weighted by molar-refractivity contribution is 9.11. The fraction of sp³-hybridized carbons (Fsp3) is 0.556. The number of hydrogen-bond acceptors (Lipinski definition) is 5. The standard InChI is InChI=1S/C9H14BrN3O2S/c1-5(9-12-3-7(10)16-9)13-6(4-15-2)8(11)14/h3,5-6,13H,4H2,1-2H3,(H2,11,14). The molecule has 1 rings (SSSR count). The number of nitrogens with two attached hydrogens (primary N) is 1. The van der Waals surface area contributed by atoms with Crippen LogP contribution in [0.2, 0.25) is 0 Å². The maximum Gasteiger partial charge on any atom is 0.236 e. The molecule has 3 N–H and O–H groups in total. The van der Waals surface area contributed by atoms with Crippen molar-refractivity contribution in [3.05, 3.63) is 15.0 Å². The first kappa shape index (κ1) is 13.6. The number of hydrogen-bond donors (Lipinski definition) is 2. The first-order chi connectivity index (χ1) is 7.54. The van der Waals surface area contributed by atoms with Crippen molar-refractivity contribution in [2.24, 2.45) is 5.73 Å². The number of carbonyl (C=O) groups excluding carboxylic acids is 1. The van der Waals surface area contributed by atoms with Gasteiger partial charge in [0.15, 0.2) is 0 Å². The first-order valence-electron chi connectivity index (χ1n) is 4.70. The highest BCUT2D eigenvalue weighted by atomic mass is 79.9. The van der Waals surface area contributed by atoms with E-state index in [1.807, 2.05) is 6.92 Å². The van der Waals surface area contributed by atoms with Crippen LogP contribution in [0.15, 0.2) is 9.98 Å². The normalized spacial score (nSPS) is 14.7. The zero-order valence-corrected chi connectivity index (χ0v) is 11.5. The van der Waals surface area contributed by atoms with Crippen LogP contribution < -0.4 is 11.1 Å². The van der Waals surface area contributed by atoms with E-state index in [0.717, 1.165) is 8.79 Å². The Labute approximate surface area is 107 Å². The van der Waals surface area contributed by atoms with Gasteiger partial charge in [0.05, 0.1) is 22.6 Å². The van der Waals surface area contributed by atoms with Crippen molar-refractivity contribution in [2.75, 3.05) is 13.7 Å². The minimum absolute atomic E-state index is 0.0380. The maximum atomic E-state index is 11.1. The van der Waals surface area contributed by atoms with Crippen LogP contribution in [-0.4, -0.2) is 30.6 Å². The van der Waals surface area contributed by atoms with E-state index in [2.05, 4.69) is 26.2 Å². The van der Waals surface area contributed by atoms with Crippen LogP contribution in [0, 0.1) is 0 Å². The molecule has 2 atom stereocenters. The van der Waals surface area contributed by atoms with Gasteiger partial charge in [-0.25, -0.2) is 4.98 Å². The van der Waals surface area contributed by atoms with Crippen molar-refractivity contribution < 1.29 is 9.53 Å². The van der Waals surface area contributed by atoms with Gasteiger partial charge in [-0.05, 0) is 22.9 Å². The number of ether oxygens (including phenoxy) is 1. The summed E-state index contributed by atoms with van der Waals surface area (Å²) in [5, 5.41) is 3.97. The predicted molar refractivity (Wildman–Crippen MR) is 66.2 cm³/mol. The second-order valence-electron chi connectivity index (χ2n) is 3.30. The van der Waals surface area contributed by atoms with Crippen LogP contribution in [0.3, 0.4) is 0 Å². The molecule has 0 aliphatic carbocycles. The summed E-state index contributed by atoms with van der Waals surface area (Å²) in [4.78, 5) is 15.3. The summed E-state index contributed by atoms with van der Waals surface area (Å²) in [6.45, 7) is 2.18. The third-order valence-electron chi connectivity index (χ3n) is 1.99. The number of rotatable bonds is 6. The van der Waals surface area contributed by atoms with E-state index >= 15 is 0 Å². The fourth-order valence-electron chi connectivity index (χ4n) is 1.22. The minimum Gasteiger partial charge on any atom is -0.383 e. The molecular formula is C9H14BrN3O2S. The summed E-state index contributed by atoms with van der Waals surface area (Å²) in [7, 11) is 1.53. The smallest absolute Gasteiger partial charge is 0.236 e. The monoisotopic (exact) mass is 307 g/mol. The molecule has 0 aliphatic heterocycles. The molecule has 0 aromatic carbocycles. The van der Waals surface area contributed by atoms with Gasteiger partial charge >= 0.3 is 0 Å². The molecule has 2 unspecified atom stereocenters. The number of primary amides is 1. The van der Waals surface area contributed by atoms with E-state index in [-0.39, 0.29) is 12.6 Å². The lowest BCUT2D eigenvalue weighted by atomic mass is 10.2. The third kappa shape index (κ3) is 3.82. The van der Waals surface area contributed by atoms with Crippen molar-refractivity contribution in [2.45, 2.75) is 19.0 Å². The van der Waals surface area contributed by atoms with Gasteiger partial charge in [-0.1, -0.05) is 0 Å². The van der Waals surface area contributed by atoms with Gasteiger partial charge in [-0.2, -0.15) is 0 Å². The number of aromatic nitrogens is 1. The van der Waals surface area contributed by atoms with Crippen LogP contribution >= 0.6 is 27.3 Å². The van der Waals surface area contributed by atoms with Crippen LogP contribution in [0.25, 0.3) is 0 Å². The molecule has 7 heteroatoms. The molecule has 1 heterocycles. The van der Waals surface area contributed by atoms with Crippen molar-refractivity contribution in [3.8, 4) is 0 Å². The molecule has 16 heavy (non-hydrogen) atoms. The van der Waals surface area contributed by atoms with E-state index in [1.165, 1.54) is 18.4 Å². The third-order valence-corrected chi connectivity index (χ3v) is 3.65. The Morgan fingerprint density at radius 3 is 2.94 bits per heavy atom. The molecule has 0 saturated carbocycles. The second kappa shape index (κ2) is 6.29. The van der Waals surface area contributed by atoms with Gasteiger partial charge in [0.1, 0.15) is 11.0 Å². The SMILES string of the molecule is COCC(NC(C)c1ncc(Br)s1)C(N)=O. The zero-order chi connectivity index (χ0) is 12.1. The summed E-state index contributed by atoms with van der Waals surface area (Å²) >= 11 is 4.86. The molecule has 5 nitrogen and oxygen atoms in total.